The molecule has 0 bridgehead atoms. The van der Waals surface area contributed by atoms with Crippen LogP contribution in [0.2, 0.25) is 0 Å². The summed E-state index contributed by atoms with van der Waals surface area (Å²) < 4.78 is 0. The maximum atomic E-state index is 9.20. The molecule has 1 unspecified atom stereocenters. The lowest BCUT2D eigenvalue weighted by Crippen LogP contribution is -2.34. The van der Waals surface area contributed by atoms with E-state index < -0.39 is 0 Å². The molecule has 23 heavy (non-hydrogen) atoms. The molecule has 0 saturated carbocycles. The lowest BCUT2D eigenvalue weighted by Gasteiger charge is -2.26. The summed E-state index contributed by atoms with van der Waals surface area (Å²) in [5.74, 6) is 0.733. The van der Waals surface area contributed by atoms with Crippen LogP contribution in [-0.4, -0.2) is 48.0 Å². The number of hydrogen-bond acceptors (Lipinski definition) is 3. The molecule has 0 spiro atoms. The van der Waals surface area contributed by atoms with Gasteiger partial charge in [0.15, 0.2) is 0 Å². The Kier molecular flexibility index (Phi) is 18.1. The Hall–Kier alpha value is -0.120. The van der Waals surface area contributed by atoms with Crippen LogP contribution in [0.25, 0.3) is 0 Å². The number of rotatable bonds is 18. The fourth-order valence-corrected chi connectivity index (χ4v) is 3.34. The van der Waals surface area contributed by atoms with Crippen LogP contribution in [0.1, 0.15) is 90.9 Å². The van der Waals surface area contributed by atoms with Gasteiger partial charge in [-0.05, 0) is 18.8 Å². The first kappa shape index (κ1) is 22.9. The Morgan fingerprint density at radius 1 is 0.652 bits per heavy atom. The Morgan fingerprint density at radius 2 is 1.09 bits per heavy atom. The molecule has 0 aliphatic heterocycles. The van der Waals surface area contributed by atoms with E-state index in [0.29, 0.717) is 13.1 Å². The van der Waals surface area contributed by atoms with Gasteiger partial charge in [-0.25, -0.2) is 0 Å². The van der Waals surface area contributed by atoms with Gasteiger partial charge in [-0.1, -0.05) is 78.1 Å². The third-order valence-electron chi connectivity index (χ3n) is 4.78. The molecule has 0 saturated heterocycles. The van der Waals surface area contributed by atoms with Crippen LogP contribution in [0.15, 0.2) is 0 Å². The van der Waals surface area contributed by atoms with Gasteiger partial charge in [0.2, 0.25) is 0 Å². The van der Waals surface area contributed by atoms with Crippen LogP contribution in [-0.2, 0) is 0 Å². The average Bonchev–Trinajstić information content (AvgIpc) is 2.55. The molecule has 140 valence electrons. The van der Waals surface area contributed by atoms with Gasteiger partial charge in [0.1, 0.15) is 0 Å². The second-order valence-corrected chi connectivity index (χ2v) is 7.02. The van der Waals surface area contributed by atoms with Gasteiger partial charge in [-0.2, -0.15) is 0 Å². The zero-order valence-electron chi connectivity index (χ0n) is 15.9. The van der Waals surface area contributed by atoms with E-state index in [9.17, 15) is 10.2 Å². The first-order valence-corrected chi connectivity index (χ1v) is 10.2. The maximum absolute atomic E-state index is 9.20. The molecule has 0 aliphatic carbocycles. The van der Waals surface area contributed by atoms with Crippen molar-refractivity contribution in [3.63, 3.8) is 0 Å². The normalized spacial score (nSPS) is 12.9. The minimum atomic E-state index is 0.194. The smallest absolute Gasteiger partial charge is 0.0558 e. The van der Waals surface area contributed by atoms with Gasteiger partial charge in [0, 0.05) is 19.6 Å². The topological polar surface area (TPSA) is 43.7 Å². The minimum Gasteiger partial charge on any atom is -0.395 e. The third kappa shape index (κ3) is 15.2. The highest BCUT2D eigenvalue weighted by atomic mass is 16.3. The summed E-state index contributed by atoms with van der Waals surface area (Å²) in [5.41, 5.74) is 0. The van der Waals surface area contributed by atoms with Crippen LogP contribution in [0.4, 0.5) is 0 Å². The molecule has 0 radical (unpaired) electrons. The summed E-state index contributed by atoms with van der Waals surface area (Å²) in [4.78, 5) is 2.24. The predicted octanol–water partition coefficient (Wildman–Crippen LogP) is 4.61. The molecule has 3 nitrogen and oxygen atoms in total. The van der Waals surface area contributed by atoms with Crippen molar-refractivity contribution in [1.29, 1.82) is 0 Å². The Morgan fingerprint density at radius 3 is 1.57 bits per heavy atom. The summed E-state index contributed by atoms with van der Waals surface area (Å²) in [6.07, 6.45) is 16.1. The Labute approximate surface area is 145 Å². The summed E-state index contributed by atoms with van der Waals surface area (Å²) in [7, 11) is 0. The molecule has 0 aliphatic rings. The lowest BCUT2D eigenvalue weighted by molar-refractivity contribution is 0.138. The van der Waals surface area contributed by atoms with Gasteiger partial charge < -0.3 is 10.2 Å². The first-order valence-electron chi connectivity index (χ1n) is 10.2. The fraction of sp³-hybridized carbons (Fsp3) is 1.00. The fourth-order valence-electron chi connectivity index (χ4n) is 3.34. The van der Waals surface area contributed by atoms with Crippen molar-refractivity contribution in [3.8, 4) is 0 Å². The Balaban J connectivity index is 4.09. The van der Waals surface area contributed by atoms with E-state index in [2.05, 4.69) is 18.7 Å². The highest BCUT2D eigenvalue weighted by Gasteiger charge is 2.13. The van der Waals surface area contributed by atoms with Gasteiger partial charge in [-0.3, -0.25) is 4.90 Å². The van der Waals surface area contributed by atoms with E-state index in [0.717, 1.165) is 12.5 Å². The number of aliphatic hydroxyl groups excluding tert-OH is 2. The van der Waals surface area contributed by atoms with Crippen LogP contribution < -0.4 is 0 Å². The van der Waals surface area contributed by atoms with Gasteiger partial charge in [0.05, 0.1) is 13.2 Å². The van der Waals surface area contributed by atoms with E-state index >= 15 is 0 Å². The number of unbranched alkanes of at least 4 members (excludes halogenated alkanes) is 8. The first-order chi connectivity index (χ1) is 11.3. The van der Waals surface area contributed by atoms with Gasteiger partial charge in [-0.15, -0.1) is 0 Å². The van der Waals surface area contributed by atoms with Crippen molar-refractivity contribution in [2.45, 2.75) is 90.9 Å². The highest BCUT2D eigenvalue weighted by molar-refractivity contribution is 4.67. The minimum absolute atomic E-state index is 0.194. The van der Waals surface area contributed by atoms with Crippen molar-refractivity contribution in [3.05, 3.63) is 0 Å². The van der Waals surface area contributed by atoms with Crippen molar-refractivity contribution in [2.75, 3.05) is 32.8 Å². The SMILES string of the molecule is CCCCCCCCC(CCCCCC)CN(CCO)CCO. The maximum Gasteiger partial charge on any atom is 0.0558 e. The van der Waals surface area contributed by atoms with Crippen molar-refractivity contribution >= 4 is 0 Å². The summed E-state index contributed by atoms with van der Waals surface area (Å²) in [5, 5.41) is 18.4. The molecule has 2 N–H and O–H groups in total. The third-order valence-corrected chi connectivity index (χ3v) is 4.78. The van der Waals surface area contributed by atoms with Crippen LogP contribution in [0, 0.1) is 5.92 Å². The van der Waals surface area contributed by atoms with Gasteiger partial charge >= 0.3 is 0 Å². The molecule has 0 amide bonds. The van der Waals surface area contributed by atoms with E-state index in [4.69, 9.17) is 0 Å². The van der Waals surface area contributed by atoms with Gasteiger partial charge in [0.25, 0.3) is 0 Å². The highest BCUT2D eigenvalue weighted by Crippen LogP contribution is 2.20. The summed E-state index contributed by atoms with van der Waals surface area (Å²) in [6, 6.07) is 0. The second-order valence-electron chi connectivity index (χ2n) is 7.02. The lowest BCUT2D eigenvalue weighted by atomic mass is 9.93. The molecule has 1 atom stereocenters. The van der Waals surface area contributed by atoms with Crippen LogP contribution >= 0.6 is 0 Å². The average molecular weight is 330 g/mol. The summed E-state index contributed by atoms with van der Waals surface area (Å²) >= 11 is 0. The molecule has 0 heterocycles. The number of aliphatic hydroxyl groups is 2. The molecule has 0 rings (SSSR count). The summed E-state index contributed by atoms with van der Waals surface area (Å²) in [6.45, 7) is 7.35. The zero-order chi connectivity index (χ0) is 17.2. The predicted molar refractivity (Wildman–Crippen MR) is 101 cm³/mol. The van der Waals surface area contributed by atoms with Crippen LogP contribution in [0.5, 0.6) is 0 Å². The molecular formula is C20H43NO2. The van der Waals surface area contributed by atoms with E-state index in [1.165, 1.54) is 77.0 Å². The van der Waals surface area contributed by atoms with E-state index in [1.807, 2.05) is 0 Å². The second kappa shape index (κ2) is 18.2. The molecular weight excluding hydrogens is 286 g/mol. The van der Waals surface area contributed by atoms with Crippen molar-refractivity contribution in [2.24, 2.45) is 5.92 Å². The quantitative estimate of drug-likeness (QED) is 0.361. The van der Waals surface area contributed by atoms with Crippen LogP contribution in [0.3, 0.4) is 0 Å². The molecule has 3 heteroatoms. The molecule has 0 aromatic rings. The van der Waals surface area contributed by atoms with Crippen molar-refractivity contribution in [1.82, 2.24) is 4.90 Å². The molecule has 0 fully saturated rings. The number of nitrogens with zero attached hydrogens (tertiary/aromatic N) is 1. The number of hydrogen-bond donors (Lipinski definition) is 2. The molecule has 0 aromatic carbocycles. The monoisotopic (exact) mass is 329 g/mol. The van der Waals surface area contributed by atoms with E-state index in [-0.39, 0.29) is 13.2 Å². The zero-order valence-corrected chi connectivity index (χ0v) is 15.9. The molecule has 0 aromatic heterocycles. The van der Waals surface area contributed by atoms with E-state index in [1.54, 1.807) is 0 Å². The standard InChI is InChI=1S/C20H43NO2/c1-3-5-7-9-10-12-14-20(13-11-8-6-4-2)19-21(15-17-22)16-18-23/h20,22-23H,3-19H2,1-2H3. The van der Waals surface area contributed by atoms with Crippen molar-refractivity contribution < 1.29 is 10.2 Å². The largest absolute Gasteiger partial charge is 0.395 e. The Bertz CT molecular complexity index is 218.